The molecule has 1 N–H and O–H groups in total. The van der Waals surface area contributed by atoms with Gasteiger partial charge in [-0.15, -0.1) is 11.3 Å². The first-order valence-corrected chi connectivity index (χ1v) is 8.85. The first-order chi connectivity index (χ1) is 9.45. The highest BCUT2D eigenvalue weighted by molar-refractivity contribution is 7.89. The molecule has 5 nitrogen and oxygen atoms in total. The summed E-state index contributed by atoms with van der Waals surface area (Å²) in [5.74, 6) is 0.684. The van der Waals surface area contributed by atoms with Gasteiger partial charge in [-0.2, -0.15) is 4.31 Å². The van der Waals surface area contributed by atoms with Crippen molar-refractivity contribution in [2.75, 3.05) is 0 Å². The van der Waals surface area contributed by atoms with Crippen molar-refractivity contribution in [2.45, 2.75) is 44.8 Å². The summed E-state index contributed by atoms with van der Waals surface area (Å²) < 4.78 is 26.9. The number of H-pyrrole nitrogens is 1. The molecule has 0 bridgehead atoms. The highest BCUT2D eigenvalue weighted by Crippen LogP contribution is 2.21. The molecule has 2 aromatic heterocycles. The van der Waals surface area contributed by atoms with Crippen molar-refractivity contribution < 1.29 is 8.42 Å². The fourth-order valence-electron chi connectivity index (χ4n) is 1.88. The van der Waals surface area contributed by atoms with E-state index in [2.05, 4.69) is 9.97 Å². The van der Waals surface area contributed by atoms with Gasteiger partial charge in [0.05, 0.1) is 6.20 Å². The molecule has 0 spiro atoms. The van der Waals surface area contributed by atoms with Gasteiger partial charge < -0.3 is 4.98 Å². The van der Waals surface area contributed by atoms with Crippen LogP contribution in [0.4, 0.5) is 0 Å². The Balaban J connectivity index is 2.32. The number of nitrogens with one attached hydrogen (secondary N) is 1. The Bertz CT molecular complexity index is 645. The molecule has 0 amide bonds. The summed E-state index contributed by atoms with van der Waals surface area (Å²) in [6, 6.07) is 3.76. The molecule has 0 fully saturated rings. The predicted molar refractivity (Wildman–Crippen MR) is 80.1 cm³/mol. The lowest BCUT2D eigenvalue weighted by Gasteiger charge is -2.24. The number of thiophene rings is 1. The maximum atomic E-state index is 12.7. The first-order valence-electron chi connectivity index (χ1n) is 6.53. The van der Waals surface area contributed by atoms with Crippen LogP contribution in [0.25, 0.3) is 0 Å². The molecule has 2 aromatic rings. The topological polar surface area (TPSA) is 66.1 Å². The quantitative estimate of drug-likeness (QED) is 0.891. The Hall–Kier alpha value is -1.18. The van der Waals surface area contributed by atoms with Crippen molar-refractivity contribution in [1.82, 2.24) is 14.3 Å². The van der Waals surface area contributed by atoms with E-state index in [4.69, 9.17) is 0 Å². The summed E-state index contributed by atoms with van der Waals surface area (Å²) in [7, 11) is -3.54. The number of hydrogen-bond acceptors (Lipinski definition) is 4. The predicted octanol–water partition coefficient (Wildman–Crippen LogP) is 2.63. The monoisotopic (exact) mass is 313 g/mol. The standard InChI is InChI=1S/C13H19N3O2S2/c1-4-12-14-8-13(15-12)20(17,18)16(10(2)3)9-11-6-5-7-19-11/h5-8,10H,4,9H2,1-3H3,(H,14,15). The maximum Gasteiger partial charge on any atom is 0.260 e. The highest BCUT2D eigenvalue weighted by Gasteiger charge is 2.29. The van der Waals surface area contributed by atoms with Crippen LogP contribution in [0.2, 0.25) is 0 Å². The summed E-state index contributed by atoms with van der Waals surface area (Å²) in [6.45, 7) is 6.07. The lowest BCUT2D eigenvalue weighted by atomic mass is 10.4. The van der Waals surface area contributed by atoms with Crippen molar-refractivity contribution in [3.05, 3.63) is 34.4 Å². The summed E-state index contributed by atoms with van der Waals surface area (Å²) in [4.78, 5) is 7.99. The molecule has 0 aliphatic heterocycles. The number of aromatic nitrogens is 2. The van der Waals surface area contributed by atoms with Crippen LogP contribution < -0.4 is 0 Å². The van der Waals surface area contributed by atoms with Gasteiger partial charge in [0.25, 0.3) is 10.0 Å². The highest BCUT2D eigenvalue weighted by atomic mass is 32.2. The average molecular weight is 313 g/mol. The number of nitrogens with zero attached hydrogens (tertiary/aromatic N) is 2. The molecule has 0 saturated carbocycles. The summed E-state index contributed by atoms with van der Waals surface area (Å²) in [5, 5.41) is 2.12. The number of rotatable bonds is 6. The maximum absolute atomic E-state index is 12.7. The second-order valence-electron chi connectivity index (χ2n) is 4.77. The molecular weight excluding hydrogens is 294 g/mol. The van der Waals surface area contributed by atoms with E-state index in [0.29, 0.717) is 18.8 Å². The number of aryl methyl sites for hydroxylation is 1. The van der Waals surface area contributed by atoms with E-state index >= 15 is 0 Å². The molecule has 0 aliphatic rings. The van der Waals surface area contributed by atoms with Gasteiger partial charge in [-0.25, -0.2) is 13.4 Å². The number of sulfonamides is 1. The smallest absolute Gasteiger partial charge is 0.260 e. The van der Waals surface area contributed by atoms with E-state index in [1.807, 2.05) is 38.3 Å². The normalized spacial score (nSPS) is 12.4. The van der Waals surface area contributed by atoms with Crippen LogP contribution in [0, 0.1) is 0 Å². The van der Waals surface area contributed by atoms with Crippen molar-refractivity contribution >= 4 is 21.4 Å². The molecule has 0 aliphatic carbocycles. The van der Waals surface area contributed by atoms with Gasteiger partial charge in [0.1, 0.15) is 5.82 Å². The molecule has 2 heterocycles. The van der Waals surface area contributed by atoms with E-state index < -0.39 is 10.0 Å². The Morgan fingerprint density at radius 2 is 2.20 bits per heavy atom. The van der Waals surface area contributed by atoms with Crippen molar-refractivity contribution in [3.8, 4) is 0 Å². The van der Waals surface area contributed by atoms with E-state index in [0.717, 1.165) is 4.88 Å². The third-order valence-electron chi connectivity index (χ3n) is 2.99. The van der Waals surface area contributed by atoms with Crippen LogP contribution in [0.1, 0.15) is 31.5 Å². The SMILES string of the molecule is CCc1ncc(S(=O)(=O)N(Cc2cccs2)C(C)C)[nH]1. The Morgan fingerprint density at radius 1 is 1.45 bits per heavy atom. The largest absolute Gasteiger partial charge is 0.332 e. The minimum atomic E-state index is -3.54. The van der Waals surface area contributed by atoms with E-state index in [1.165, 1.54) is 10.5 Å². The molecule has 7 heteroatoms. The minimum absolute atomic E-state index is 0.115. The molecule has 0 aromatic carbocycles. The second kappa shape index (κ2) is 6.07. The van der Waals surface area contributed by atoms with E-state index in [9.17, 15) is 8.42 Å². The van der Waals surface area contributed by atoms with Crippen LogP contribution in [-0.4, -0.2) is 28.7 Å². The van der Waals surface area contributed by atoms with Gasteiger partial charge in [-0.1, -0.05) is 13.0 Å². The van der Waals surface area contributed by atoms with Crippen LogP contribution in [-0.2, 0) is 23.0 Å². The zero-order valence-corrected chi connectivity index (χ0v) is 13.5. The number of hydrogen-bond donors (Lipinski definition) is 1. The molecule has 0 saturated heterocycles. The number of aromatic amines is 1. The van der Waals surface area contributed by atoms with Gasteiger partial charge >= 0.3 is 0 Å². The fourth-order valence-corrected chi connectivity index (χ4v) is 4.22. The van der Waals surface area contributed by atoms with Crippen molar-refractivity contribution in [3.63, 3.8) is 0 Å². The first kappa shape index (κ1) is 15.2. The third kappa shape index (κ3) is 3.11. The molecule has 20 heavy (non-hydrogen) atoms. The van der Waals surface area contributed by atoms with Crippen LogP contribution in [0.3, 0.4) is 0 Å². The van der Waals surface area contributed by atoms with Gasteiger partial charge in [0.15, 0.2) is 5.03 Å². The van der Waals surface area contributed by atoms with Crippen LogP contribution in [0.5, 0.6) is 0 Å². The van der Waals surface area contributed by atoms with Gasteiger partial charge in [-0.3, -0.25) is 0 Å². The van der Waals surface area contributed by atoms with Crippen molar-refractivity contribution in [1.29, 1.82) is 0 Å². The van der Waals surface area contributed by atoms with Gasteiger partial charge in [-0.05, 0) is 25.3 Å². The average Bonchev–Trinajstić information content (AvgIpc) is 3.06. The molecule has 0 atom stereocenters. The fraction of sp³-hybridized carbons (Fsp3) is 0.462. The van der Waals surface area contributed by atoms with E-state index in [-0.39, 0.29) is 11.1 Å². The Morgan fingerprint density at radius 3 is 2.70 bits per heavy atom. The zero-order valence-electron chi connectivity index (χ0n) is 11.8. The number of imidazole rings is 1. The lowest BCUT2D eigenvalue weighted by molar-refractivity contribution is 0.349. The minimum Gasteiger partial charge on any atom is -0.332 e. The zero-order chi connectivity index (χ0) is 14.8. The summed E-state index contributed by atoms with van der Waals surface area (Å²) in [5.41, 5.74) is 0. The molecule has 0 radical (unpaired) electrons. The van der Waals surface area contributed by atoms with Gasteiger partial charge in [0.2, 0.25) is 0 Å². The lowest BCUT2D eigenvalue weighted by Crippen LogP contribution is -2.36. The second-order valence-corrected chi connectivity index (χ2v) is 7.66. The molecular formula is C13H19N3O2S2. The Labute approximate surface area is 123 Å². The van der Waals surface area contributed by atoms with Crippen molar-refractivity contribution in [2.24, 2.45) is 0 Å². The van der Waals surface area contributed by atoms with Crippen LogP contribution in [0.15, 0.2) is 28.7 Å². The van der Waals surface area contributed by atoms with Gasteiger partial charge in [0, 0.05) is 23.9 Å². The molecule has 0 unspecified atom stereocenters. The molecule has 2 rings (SSSR count). The summed E-state index contributed by atoms with van der Waals surface area (Å²) in [6.07, 6.45) is 2.08. The Kier molecular flexibility index (Phi) is 4.62. The van der Waals surface area contributed by atoms with Crippen LogP contribution >= 0.6 is 11.3 Å². The summed E-state index contributed by atoms with van der Waals surface area (Å²) >= 11 is 1.56. The van der Waals surface area contributed by atoms with E-state index in [1.54, 1.807) is 11.3 Å². The third-order valence-corrected chi connectivity index (χ3v) is 5.79. The molecule has 110 valence electrons.